The zero-order chi connectivity index (χ0) is 21.8. The first kappa shape index (κ1) is 21.0. The Morgan fingerprint density at radius 1 is 1.19 bits per heavy atom. The van der Waals surface area contributed by atoms with E-state index in [-0.39, 0.29) is 23.7 Å². The van der Waals surface area contributed by atoms with Gasteiger partial charge in [0.15, 0.2) is 5.82 Å². The van der Waals surface area contributed by atoms with Crippen molar-refractivity contribution in [3.8, 4) is 11.4 Å². The van der Waals surface area contributed by atoms with Gasteiger partial charge in [0.05, 0.1) is 18.5 Å². The molecule has 9 nitrogen and oxygen atoms in total. The Morgan fingerprint density at radius 2 is 1.97 bits per heavy atom. The molecule has 0 unspecified atom stereocenters. The highest BCUT2D eigenvalue weighted by Crippen LogP contribution is 2.25. The molecule has 2 aromatic rings. The SMILES string of the molecule is CC(=O)N[C@H]1CC[C@H](Nc2ncc(F)c(-c3cccc(N4CCCOC4=O)n3)n2)CC1. The van der Waals surface area contributed by atoms with Crippen LogP contribution in [0.25, 0.3) is 11.4 Å². The summed E-state index contributed by atoms with van der Waals surface area (Å²) in [6.07, 6.45) is 4.80. The van der Waals surface area contributed by atoms with Crippen LogP contribution < -0.4 is 15.5 Å². The van der Waals surface area contributed by atoms with Gasteiger partial charge in [0.25, 0.3) is 0 Å². The lowest BCUT2D eigenvalue weighted by atomic mass is 9.91. The van der Waals surface area contributed by atoms with E-state index in [4.69, 9.17) is 4.74 Å². The van der Waals surface area contributed by atoms with E-state index in [1.807, 2.05) is 0 Å². The van der Waals surface area contributed by atoms with Crippen molar-refractivity contribution in [2.24, 2.45) is 0 Å². The van der Waals surface area contributed by atoms with Crippen LogP contribution in [0.4, 0.5) is 21.0 Å². The molecule has 0 bridgehead atoms. The normalized spacial score (nSPS) is 21.4. The molecule has 4 rings (SSSR count). The molecular weight excluding hydrogens is 403 g/mol. The maximum atomic E-state index is 14.5. The number of aromatic nitrogens is 3. The smallest absolute Gasteiger partial charge is 0.415 e. The zero-order valence-corrected chi connectivity index (χ0v) is 17.3. The zero-order valence-electron chi connectivity index (χ0n) is 17.3. The second kappa shape index (κ2) is 9.23. The molecule has 1 saturated heterocycles. The summed E-state index contributed by atoms with van der Waals surface area (Å²) in [6, 6.07) is 5.37. The van der Waals surface area contributed by atoms with Crippen molar-refractivity contribution >= 4 is 23.8 Å². The molecule has 1 aliphatic carbocycles. The Morgan fingerprint density at radius 3 is 2.71 bits per heavy atom. The number of anilines is 2. The molecule has 1 aliphatic heterocycles. The Hall–Kier alpha value is -3.30. The second-order valence-corrected chi connectivity index (χ2v) is 7.78. The standard InChI is InChI=1S/C21H25FN6O3/c1-13(29)24-14-6-8-15(9-7-14)25-20-23-12-16(22)19(27-20)17-4-2-5-18(26-17)28-10-3-11-31-21(28)30/h2,4-5,12,14-15H,3,6-11H2,1H3,(H,24,29)(H,23,25,27)/t14-,15-. The molecule has 10 heteroatoms. The summed E-state index contributed by atoms with van der Waals surface area (Å²) in [4.78, 5) is 37.5. The summed E-state index contributed by atoms with van der Waals surface area (Å²) < 4.78 is 19.6. The van der Waals surface area contributed by atoms with Crippen LogP contribution in [0.5, 0.6) is 0 Å². The van der Waals surface area contributed by atoms with Gasteiger partial charge in [-0.25, -0.2) is 24.1 Å². The van der Waals surface area contributed by atoms with Crippen LogP contribution in [0.15, 0.2) is 24.4 Å². The molecule has 2 fully saturated rings. The minimum atomic E-state index is -0.592. The van der Waals surface area contributed by atoms with Gasteiger partial charge >= 0.3 is 6.09 Å². The Kier molecular flexibility index (Phi) is 6.24. The molecule has 2 aromatic heterocycles. The van der Waals surface area contributed by atoms with Crippen molar-refractivity contribution in [3.05, 3.63) is 30.2 Å². The highest BCUT2D eigenvalue weighted by molar-refractivity contribution is 5.87. The maximum absolute atomic E-state index is 14.5. The number of halogens is 1. The number of rotatable bonds is 5. The van der Waals surface area contributed by atoms with E-state index in [9.17, 15) is 14.0 Å². The van der Waals surface area contributed by atoms with Gasteiger partial charge in [0.1, 0.15) is 11.5 Å². The number of nitrogens with one attached hydrogen (secondary N) is 2. The van der Waals surface area contributed by atoms with Crippen molar-refractivity contribution in [2.45, 2.75) is 51.1 Å². The molecule has 164 valence electrons. The van der Waals surface area contributed by atoms with E-state index in [0.717, 1.165) is 31.9 Å². The second-order valence-electron chi connectivity index (χ2n) is 7.78. The van der Waals surface area contributed by atoms with Gasteiger partial charge in [0, 0.05) is 25.6 Å². The molecule has 0 spiro atoms. The Labute approximate surface area is 179 Å². The van der Waals surface area contributed by atoms with E-state index in [0.29, 0.717) is 37.0 Å². The third-order valence-corrected chi connectivity index (χ3v) is 5.44. The molecule has 0 atom stereocenters. The number of amides is 2. The summed E-state index contributed by atoms with van der Waals surface area (Å²) >= 11 is 0. The Balaban J connectivity index is 1.48. The van der Waals surface area contributed by atoms with Crippen LogP contribution in [0, 0.1) is 5.82 Å². The first-order chi connectivity index (χ1) is 15.0. The number of carbonyl (C=O) groups is 2. The van der Waals surface area contributed by atoms with E-state index in [1.165, 1.54) is 11.8 Å². The third-order valence-electron chi connectivity index (χ3n) is 5.44. The van der Waals surface area contributed by atoms with Gasteiger partial charge in [-0.2, -0.15) is 0 Å². The van der Waals surface area contributed by atoms with Gasteiger partial charge < -0.3 is 15.4 Å². The molecule has 2 aliphatic rings. The molecular formula is C21H25FN6O3. The van der Waals surface area contributed by atoms with Gasteiger partial charge in [0.2, 0.25) is 11.9 Å². The van der Waals surface area contributed by atoms with Crippen LogP contribution in [-0.2, 0) is 9.53 Å². The molecule has 2 N–H and O–H groups in total. The van der Waals surface area contributed by atoms with E-state index in [2.05, 4.69) is 25.6 Å². The van der Waals surface area contributed by atoms with E-state index < -0.39 is 11.9 Å². The van der Waals surface area contributed by atoms with Crippen molar-refractivity contribution in [1.82, 2.24) is 20.3 Å². The maximum Gasteiger partial charge on any atom is 0.415 e. The minimum Gasteiger partial charge on any atom is -0.449 e. The molecule has 3 heterocycles. The topological polar surface area (TPSA) is 109 Å². The monoisotopic (exact) mass is 428 g/mol. The number of nitrogens with zero attached hydrogens (tertiary/aromatic N) is 4. The highest BCUT2D eigenvalue weighted by atomic mass is 19.1. The third kappa shape index (κ3) is 5.07. The quantitative estimate of drug-likeness (QED) is 0.754. The summed E-state index contributed by atoms with van der Waals surface area (Å²) in [5.41, 5.74) is 0.379. The molecule has 31 heavy (non-hydrogen) atoms. The van der Waals surface area contributed by atoms with Gasteiger partial charge in [-0.3, -0.25) is 9.69 Å². The number of hydrogen-bond acceptors (Lipinski definition) is 7. The van der Waals surface area contributed by atoms with Crippen LogP contribution in [0.3, 0.4) is 0 Å². The van der Waals surface area contributed by atoms with Crippen molar-refractivity contribution in [1.29, 1.82) is 0 Å². The molecule has 2 amide bonds. The van der Waals surface area contributed by atoms with Gasteiger partial charge in [-0.15, -0.1) is 0 Å². The largest absolute Gasteiger partial charge is 0.449 e. The first-order valence-corrected chi connectivity index (χ1v) is 10.5. The van der Waals surface area contributed by atoms with Gasteiger partial charge in [-0.1, -0.05) is 6.07 Å². The predicted octanol–water partition coefficient (Wildman–Crippen LogP) is 2.88. The summed E-state index contributed by atoms with van der Waals surface area (Å²) in [5.74, 6) is 0.108. The lowest BCUT2D eigenvalue weighted by molar-refractivity contribution is -0.119. The number of hydrogen-bond donors (Lipinski definition) is 2. The number of pyridine rings is 1. The fraction of sp³-hybridized carbons (Fsp3) is 0.476. The summed E-state index contributed by atoms with van der Waals surface area (Å²) in [5, 5.41) is 6.21. The van der Waals surface area contributed by atoms with Crippen LogP contribution in [-0.4, -0.2) is 52.2 Å². The highest BCUT2D eigenvalue weighted by Gasteiger charge is 2.24. The molecule has 0 aromatic carbocycles. The molecule has 1 saturated carbocycles. The van der Waals surface area contributed by atoms with Gasteiger partial charge in [-0.05, 0) is 44.2 Å². The van der Waals surface area contributed by atoms with Crippen LogP contribution >= 0.6 is 0 Å². The van der Waals surface area contributed by atoms with E-state index >= 15 is 0 Å². The fourth-order valence-electron chi connectivity index (χ4n) is 3.93. The number of carbonyl (C=O) groups excluding carboxylic acids is 2. The van der Waals surface area contributed by atoms with Crippen LogP contribution in [0.2, 0.25) is 0 Å². The fourth-order valence-corrected chi connectivity index (χ4v) is 3.93. The van der Waals surface area contributed by atoms with E-state index in [1.54, 1.807) is 18.2 Å². The van der Waals surface area contributed by atoms with Crippen molar-refractivity contribution < 1.29 is 18.7 Å². The lowest BCUT2D eigenvalue weighted by Crippen LogP contribution is -2.39. The Bertz CT molecular complexity index is 964. The summed E-state index contributed by atoms with van der Waals surface area (Å²) in [6.45, 7) is 2.41. The van der Waals surface area contributed by atoms with Crippen molar-refractivity contribution in [2.75, 3.05) is 23.4 Å². The average Bonchev–Trinajstić information content (AvgIpc) is 2.76. The summed E-state index contributed by atoms with van der Waals surface area (Å²) in [7, 11) is 0. The van der Waals surface area contributed by atoms with Crippen molar-refractivity contribution in [3.63, 3.8) is 0 Å². The first-order valence-electron chi connectivity index (χ1n) is 10.5. The lowest BCUT2D eigenvalue weighted by Gasteiger charge is -2.29. The number of cyclic esters (lactones) is 1. The minimum absolute atomic E-state index is 0.0181. The number of ether oxygens (including phenoxy) is 1. The molecule has 0 radical (unpaired) electrons. The predicted molar refractivity (Wildman–Crippen MR) is 112 cm³/mol. The van der Waals surface area contributed by atoms with Crippen LogP contribution in [0.1, 0.15) is 39.0 Å². The average molecular weight is 428 g/mol.